The van der Waals surface area contributed by atoms with Gasteiger partial charge in [-0.3, -0.25) is 0 Å². The Labute approximate surface area is 134 Å². The van der Waals surface area contributed by atoms with Crippen LogP contribution in [0, 0.1) is 6.92 Å². The standard InChI is InChI=1S/C18H32N2S/c1-5-13-19-17(16-15(2)10-14-21-16)18(20(3)4)11-8-6-7-9-12-18/h10,14,17,19H,5-9,11-13H2,1-4H3. The summed E-state index contributed by atoms with van der Waals surface area (Å²) < 4.78 is 0. The van der Waals surface area contributed by atoms with Crippen LogP contribution in [-0.4, -0.2) is 31.1 Å². The second-order valence-electron chi connectivity index (χ2n) is 6.77. The first-order valence-corrected chi connectivity index (χ1v) is 9.44. The Morgan fingerprint density at radius 3 is 2.38 bits per heavy atom. The first-order valence-electron chi connectivity index (χ1n) is 8.56. The molecule has 1 aliphatic rings. The normalized spacial score (nSPS) is 20.4. The summed E-state index contributed by atoms with van der Waals surface area (Å²) in [5, 5.41) is 6.16. The van der Waals surface area contributed by atoms with Crippen molar-refractivity contribution in [3.8, 4) is 0 Å². The average Bonchev–Trinajstić information content (AvgIpc) is 2.74. The summed E-state index contributed by atoms with van der Waals surface area (Å²) in [6.07, 6.45) is 9.38. The molecule has 2 nitrogen and oxygen atoms in total. The third-order valence-corrected chi connectivity index (χ3v) is 6.24. The number of hydrogen-bond acceptors (Lipinski definition) is 3. The molecule has 2 rings (SSSR count). The van der Waals surface area contributed by atoms with Crippen molar-refractivity contribution in [2.45, 2.75) is 70.4 Å². The van der Waals surface area contributed by atoms with Crippen LogP contribution in [-0.2, 0) is 0 Å². The van der Waals surface area contributed by atoms with E-state index in [1.165, 1.54) is 50.5 Å². The van der Waals surface area contributed by atoms with Gasteiger partial charge >= 0.3 is 0 Å². The fraction of sp³-hybridized carbons (Fsp3) is 0.778. The highest BCUT2D eigenvalue weighted by Gasteiger charge is 2.42. The second-order valence-corrected chi connectivity index (χ2v) is 7.71. The summed E-state index contributed by atoms with van der Waals surface area (Å²) in [6.45, 7) is 5.64. The Morgan fingerprint density at radius 1 is 1.24 bits per heavy atom. The molecule has 3 heteroatoms. The van der Waals surface area contributed by atoms with Crippen LogP contribution in [0.2, 0.25) is 0 Å². The van der Waals surface area contributed by atoms with Crippen molar-refractivity contribution in [1.82, 2.24) is 10.2 Å². The average molecular weight is 309 g/mol. The predicted octanol–water partition coefficient (Wildman–Crippen LogP) is 4.75. The summed E-state index contributed by atoms with van der Waals surface area (Å²) in [4.78, 5) is 4.07. The SMILES string of the molecule is CCCNC(c1sccc1C)C1(N(C)C)CCCCCC1. The van der Waals surface area contributed by atoms with Gasteiger partial charge in [-0.05, 0) is 63.8 Å². The van der Waals surface area contributed by atoms with E-state index in [0.717, 1.165) is 6.54 Å². The van der Waals surface area contributed by atoms with E-state index in [9.17, 15) is 0 Å². The summed E-state index contributed by atoms with van der Waals surface area (Å²) in [6, 6.07) is 2.76. The monoisotopic (exact) mass is 308 g/mol. The Kier molecular flexibility index (Phi) is 6.27. The number of nitrogens with zero attached hydrogens (tertiary/aromatic N) is 1. The zero-order valence-electron chi connectivity index (χ0n) is 14.2. The molecule has 1 heterocycles. The Balaban J connectivity index is 2.37. The molecule has 1 aromatic heterocycles. The van der Waals surface area contributed by atoms with Gasteiger partial charge in [0.25, 0.3) is 0 Å². The van der Waals surface area contributed by atoms with Crippen LogP contribution in [0.4, 0.5) is 0 Å². The molecule has 0 aliphatic heterocycles. The van der Waals surface area contributed by atoms with Gasteiger partial charge in [0.05, 0.1) is 6.04 Å². The Morgan fingerprint density at radius 2 is 1.90 bits per heavy atom. The number of nitrogens with one attached hydrogen (secondary N) is 1. The molecule has 1 aromatic rings. The van der Waals surface area contributed by atoms with Crippen molar-refractivity contribution in [2.75, 3.05) is 20.6 Å². The van der Waals surface area contributed by atoms with Crippen molar-refractivity contribution in [2.24, 2.45) is 0 Å². The van der Waals surface area contributed by atoms with E-state index in [-0.39, 0.29) is 5.54 Å². The lowest BCUT2D eigenvalue weighted by molar-refractivity contribution is 0.0812. The zero-order chi connectivity index (χ0) is 15.3. The molecule has 21 heavy (non-hydrogen) atoms. The van der Waals surface area contributed by atoms with Gasteiger partial charge in [-0.2, -0.15) is 0 Å². The summed E-state index contributed by atoms with van der Waals surface area (Å²) in [7, 11) is 4.57. The number of likely N-dealkylation sites (N-methyl/N-ethyl adjacent to an activating group) is 1. The lowest BCUT2D eigenvalue weighted by Crippen LogP contribution is -2.53. The minimum atomic E-state index is 0.279. The molecule has 0 radical (unpaired) electrons. The maximum Gasteiger partial charge on any atom is 0.0604 e. The highest BCUT2D eigenvalue weighted by atomic mass is 32.1. The van der Waals surface area contributed by atoms with Crippen molar-refractivity contribution in [3.63, 3.8) is 0 Å². The van der Waals surface area contributed by atoms with Gasteiger partial charge in [-0.1, -0.05) is 32.6 Å². The van der Waals surface area contributed by atoms with Crippen LogP contribution in [0.5, 0.6) is 0 Å². The topological polar surface area (TPSA) is 15.3 Å². The molecule has 1 atom stereocenters. The third kappa shape index (κ3) is 3.69. The molecule has 1 N–H and O–H groups in total. The number of hydrogen-bond donors (Lipinski definition) is 1. The molecular formula is C18H32N2S. The lowest BCUT2D eigenvalue weighted by Gasteiger charge is -2.46. The van der Waals surface area contributed by atoms with Crippen LogP contribution >= 0.6 is 11.3 Å². The van der Waals surface area contributed by atoms with E-state index in [2.05, 4.69) is 49.6 Å². The van der Waals surface area contributed by atoms with Gasteiger partial charge in [-0.25, -0.2) is 0 Å². The molecule has 0 amide bonds. The van der Waals surface area contributed by atoms with Crippen molar-refractivity contribution in [1.29, 1.82) is 0 Å². The first kappa shape index (κ1) is 17.0. The minimum absolute atomic E-state index is 0.279. The maximum atomic E-state index is 3.90. The van der Waals surface area contributed by atoms with E-state index in [1.54, 1.807) is 4.88 Å². The molecular weight excluding hydrogens is 276 g/mol. The minimum Gasteiger partial charge on any atom is -0.308 e. The van der Waals surface area contributed by atoms with E-state index < -0.39 is 0 Å². The fourth-order valence-electron chi connectivity index (χ4n) is 3.83. The van der Waals surface area contributed by atoms with Gasteiger partial charge in [-0.15, -0.1) is 11.3 Å². The molecule has 1 fully saturated rings. The van der Waals surface area contributed by atoms with Crippen molar-refractivity contribution < 1.29 is 0 Å². The predicted molar refractivity (Wildman–Crippen MR) is 94.2 cm³/mol. The van der Waals surface area contributed by atoms with Gasteiger partial charge in [0.2, 0.25) is 0 Å². The molecule has 1 saturated carbocycles. The van der Waals surface area contributed by atoms with Crippen LogP contribution < -0.4 is 5.32 Å². The van der Waals surface area contributed by atoms with Crippen molar-refractivity contribution >= 4 is 11.3 Å². The van der Waals surface area contributed by atoms with Gasteiger partial charge in [0, 0.05) is 10.4 Å². The number of aryl methyl sites for hydroxylation is 1. The molecule has 120 valence electrons. The Bertz CT molecular complexity index is 417. The van der Waals surface area contributed by atoms with Gasteiger partial charge in [0.15, 0.2) is 0 Å². The van der Waals surface area contributed by atoms with Crippen LogP contribution in [0.3, 0.4) is 0 Å². The van der Waals surface area contributed by atoms with Crippen molar-refractivity contribution in [3.05, 3.63) is 21.9 Å². The van der Waals surface area contributed by atoms with Crippen LogP contribution in [0.25, 0.3) is 0 Å². The quantitative estimate of drug-likeness (QED) is 0.763. The summed E-state index contributed by atoms with van der Waals surface area (Å²) >= 11 is 1.94. The first-order chi connectivity index (χ1) is 10.1. The van der Waals surface area contributed by atoms with E-state index in [4.69, 9.17) is 0 Å². The molecule has 0 bridgehead atoms. The molecule has 0 aromatic carbocycles. The van der Waals surface area contributed by atoms with E-state index >= 15 is 0 Å². The van der Waals surface area contributed by atoms with Crippen LogP contribution in [0.15, 0.2) is 11.4 Å². The van der Waals surface area contributed by atoms with E-state index in [1.807, 2.05) is 11.3 Å². The largest absolute Gasteiger partial charge is 0.308 e. The molecule has 1 aliphatic carbocycles. The maximum absolute atomic E-state index is 3.90. The summed E-state index contributed by atoms with van der Waals surface area (Å²) in [5.74, 6) is 0. The summed E-state index contributed by atoms with van der Waals surface area (Å²) in [5.41, 5.74) is 1.74. The Hall–Kier alpha value is -0.380. The zero-order valence-corrected chi connectivity index (χ0v) is 15.1. The second kappa shape index (κ2) is 7.75. The number of rotatable bonds is 6. The van der Waals surface area contributed by atoms with Crippen LogP contribution in [0.1, 0.15) is 68.4 Å². The van der Waals surface area contributed by atoms with E-state index in [0.29, 0.717) is 6.04 Å². The molecule has 1 unspecified atom stereocenters. The highest BCUT2D eigenvalue weighted by molar-refractivity contribution is 7.10. The number of thiophene rings is 1. The molecule has 0 saturated heterocycles. The highest BCUT2D eigenvalue weighted by Crippen LogP contribution is 2.43. The van der Waals surface area contributed by atoms with Gasteiger partial charge in [0.1, 0.15) is 0 Å². The lowest BCUT2D eigenvalue weighted by atomic mass is 9.79. The molecule has 0 spiro atoms. The smallest absolute Gasteiger partial charge is 0.0604 e. The fourth-order valence-corrected chi connectivity index (χ4v) is 4.94. The van der Waals surface area contributed by atoms with Gasteiger partial charge < -0.3 is 10.2 Å². The third-order valence-electron chi connectivity index (χ3n) is 5.16.